The van der Waals surface area contributed by atoms with Gasteiger partial charge in [0.1, 0.15) is 5.54 Å². The predicted molar refractivity (Wildman–Crippen MR) is 65.6 cm³/mol. The van der Waals surface area contributed by atoms with Crippen molar-refractivity contribution in [3.8, 4) is 0 Å². The molecular formula is C13H22N2O2. The number of nitrogens with zero attached hydrogens (tertiary/aromatic N) is 1. The molecule has 0 aromatic rings. The molecule has 2 aliphatic rings. The molecule has 0 unspecified atom stereocenters. The van der Waals surface area contributed by atoms with Crippen molar-refractivity contribution in [1.29, 1.82) is 0 Å². The molecule has 0 bridgehead atoms. The number of unbranched alkanes of at least 4 members (excludes halogenated alkanes) is 2. The van der Waals surface area contributed by atoms with Gasteiger partial charge in [-0.1, -0.05) is 39.0 Å². The molecule has 0 aromatic heterocycles. The number of nitrogens with one attached hydrogen (secondary N) is 1. The second-order valence-electron chi connectivity index (χ2n) is 5.21. The largest absolute Gasteiger partial charge is 0.325 e. The molecule has 96 valence electrons. The highest BCUT2D eigenvalue weighted by molar-refractivity contribution is 6.07. The third-order valence-corrected chi connectivity index (χ3v) is 4.07. The Kier molecular flexibility index (Phi) is 3.69. The van der Waals surface area contributed by atoms with Crippen molar-refractivity contribution in [2.45, 2.75) is 63.8 Å². The van der Waals surface area contributed by atoms with Crippen molar-refractivity contribution in [2.75, 3.05) is 6.54 Å². The lowest BCUT2D eigenvalue weighted by Crippen LogP contribution is -2.51. The van der Waals surface area contributed by atoms with Crippen LogP contribution < -0.4 is 5.32 Å². The molecule has 2 rings (SSSR count). The van der Waals surface area contributed by atoms with Crippen molar-refractivity contribution in [3.05, 3.63) is 0 Å². The van der Waals surface area contributed by atoms with Crippen molar-refractivity contribution >= 4 is 11.9 Å². The monoisotopic (exact) mass is 238 g/mol. The fraction of sp³-hybridized carbons (Fsp3) is 0.846. The molecule has 4 heteroatoms. The zero-order valence-electron chi connectivity index (χ0n) is 10.6. The molecule has 1 N–H and O–H groups in total. The molecule has 17 heavy (non-hydrogen) atoms. The summed E-state index contributed by atoms with van der Waals surface area (Å²) in [4.78, 5) is 25.7. The second kappa shape index (κ2) is 5.07. The van der Waals surface area contributed by atoms with E-state index in [1.807, 2.05) is 4.90 Å². The zero-order valence-corrected chi connectivity index (χ0v) is 10.6. The van der Waals surface area contributed by atoms with E-state index in [2.05, 4.69) is 12.2 Å². The van der Waals surface area contributed by atoms with Gasteiger partial charge in [0.2, 0.25) is 0 Å². The van der Waals surface area contributed by atoms with Gasteiger partial charge in [-0.3, -0.25) is 10.1 Å². The molecule has 0 aromatic carbocycles. The SMILES string of the molecule is CCCCCN1C(=O)NC(=O)C12CCCCC2. The Labute approximate surface area is 103 Å². The summed E-state index contributed by atoms with van der Waals surface area (Å²) in [6.45, 7) is 2.87. The van der Waals surface area contributed by atoms with Crippen LogP contribution in [0, 0.1) is 0 Å². The van der Waals surface area contributed by atoms with Gasteiger partial charge in [0.05, 0.1) is 0 Å². The van der Waals surface area contributed by atoms with E-state index in [0.29, 0.717) is 0 Å². The number of carbonyl (C=O) groups is 2. The summed E-state index contributed by atoms with van der Waals surface area (Å²) in [5.41, 5.74) is -0.497. The zero-order chi connectivity index (χ0) is 12.3. The lowest BCUT2D eigenvalue weighted by Gasteiger charge is -2.38. The summed E-state index contributed by atoms with van der Waals surface area (Å²) in [6, 6.07) is -0.173. The van der Waals surface area contributed by atoms with E-state index >= 15 is 0 Å². The van der Waals surface area contributed by atoms with Crippen LogP contribution in [0.5, 0.6) is 0 Å². The first-order chi connectivity index (χ1) is 8.20. The number of hydrogen-bond donors (Lipinski definition) is 1. The maximum atomic E-state index is 12.0. The average Bonchev–Trinajstić information content (AvgIpc) is 2.55. The highest BCUT2D eigenvalue weighted by atomic mass is 16.2. The number of amides is 3. The molecule has 0 radical (unpaired) electrons. The molecule has 1 saturated carbocycles. The molecule has 2 fully saturated rings. The second-order valence-corrected chi connectivity index (χ2v) is 5.21. The Morgan fingerprint density at radius 1 is 1.18 bits per heavy atom. The lowest BCUT2D eigenvalue weighted by molar-refractivity contribution is -0.128. The van der Waals surface area contributed by atoms with Crippen molar-refractivity contribution in [3.63, 3.8) is 0 Å². The number of carbonyl (C=O) groups excluding carboxylic acids is 2. The van der Waals surface area contributed by atoms with E-state index in [1.54, 1.807) is 0 Å². The number of imide groups is 1. The van der Waals surface area contributed by atoms with Crippen LogP contribution in [0.1, 0.15) is 58.3 Å². The van der Waals surface area contributed by atoms with Gasteiger partial charge in [0, 0.05) is 6.54 Å². The molecule has 1 aliphatic heterocycles. The molecule has 1 heterocycles. The average molecular weight is 238 g/mol. The number of urea groups is 1. The topological polar surface area (TPSA) is 49.4 Å². The standard InChI is InChI=1S/C13H22N2O2/c1-2-3-7-10-15-12(17)14-11(16)13(15)8-5-4-6-9-13/h2-10H2,1H3,(H,14,16,17). The summed E-state index contributed by atoms with van der Waals surface area (Å²) in [7, 11) is 0. The van der Waals surface area contributed by atoms with Crippen LogP contribution in [0.25, 0.3) is 0 Å². The van der Waals surface area contributed by atoms with Gasteiger partial charge in [-0.15, -0.1) is 0 Å². The highest BCUT2D eigenvalue weighted by Crippen LogP contribution is 2.37. The fourth-order valence-corrected chi connectivity index (χ4v) is 3.07. The quantitative estimate of drug-likeness (QED) is 0.604. The van der Waals surface area contributed by atoms with E-state index < -0.39 is 5.54 Å². The summed E-state index contributed by atoms with van der Waals surface area (Å²) in [5, 5.41) is 2.50. The van der Waals surface area contributed by atoms with Gasteiger partial charge in [-0.2, -0.15) is 0 Å². The van der Waals surface area contributed by atoms with Crippen LogP contribution in [-0.4, -0.2) is 28.9 Å². The first-order valence-corrected chi connectivity index (χ1v) is 6.84. The minimum absolute atomic E-state index is 0.0568. The maximum absolute atomic E-state index is 12.0. The minimum Gasteiger partial charge on any atom is -0.310 e. The van der Waals surface area contributed by atoms with Gasteiger partial charge in [-0.05, 0) is 19.3 Å². The molecule has 1 spiro atoms. The van der Waals surface area contributed by atoms with Crippen LogP contribution in [0.15, 0.2) is 0 Å². The molecule has 3 amide bonds. The molecule has 0 atom stereocenters. The lowest BCUT2D eigenvalue weighted by atomic mass is 9.80. The molecular weight excluding hydrogens is 216 g/mol. The van der Waals surface area contributed by atoms with Crippen molar-refractivity contribution < 1.29 is 9.59 Å². The Morgan fingerprint density at radius 2 is 1.88 bits per heavy atom. The Hall–Kier alpha value is -1.06. The third kappa shape index (κ3) is 2.17. The highest BCUT2D eigenvalue weighted by Gasteiger charge is 2.52. The van der Waals surface area contributed by atoms with Crippen molar-refractivity contribution in [1.82, 2.24) is 10.2 Å². The van der Waals surface area contributed by atoms with Gasteiger partial charge in [-0.25, -0.2) is 4.79 Å². The first-order valence-electron chi connectivity index (χ1n) is 6.84. The third-order valence-electron chi connectivity index (χ3n) is 4.07. The van der Waals surface area contributed by atoms with Gasteiger partial charge in [0.25, 0.3) is 5.91 Å². The van der Waals surface area contributed by atoms with Crippen LogP contribution in [0.2, 0.25) is 0 Å². The summed E-state index contributed by atoms with van der Waals surface area (Å²) < 4.78 is 0. The van der Waals surface area contributed by atoms with Crippen LogP contribution in [0.3, 0.4) is 0 Å². The summed E-state index contributed by atoms with van der Waals surface area (Å²) in [5.74, 6) is -0.0568. The van der Waals surface area contributed by atoms with Gasteiger partial charge in [0.15, 0.2) is 0 Å². The van der Waals surface area contributed by atoms with E-state index in [1.165, 1.54) is 6.42 Å². The van der Waals surface area contributed by atoms with Crippen LogP contribution >= 0.6 is 0 Å². The summed E-state index contributed by atoms with van der Waals surface area (Å²) >= 11 is 0. The normalized spacial score (nSPS) is 23.2. The van der Waals surface area contributed by atoms with E-state index in [-0.39, 0.29) is 11.9 Å². The van der Waals surface area contributed by atoms with Crippen molar-refractivity contribution in [2.24, 2.45) is 0 Å². The summed E-state index contributed by atoms with van der Waals surface area (Å²) in [6.07, 6.45) is 8.25. The predicted octanol–water partition coefficient (Wildman–Crippen LogP) is 2.43. The van der Waals surface area contributed by atoms with Gasteiger partial charge < -0.3 is 4.90 Å². The minimum atomic E-state index is -0.497. The fourth-order valence-electron chi connectivity index (χ4n) is 3.07. The maximum Gasteiger partial charge on any atom is 0.325 e. The molecule has 1 aliphatic carbocycles. The molecule has 4 nitrogen and oxygen atoms in total. The van der Waals surface area contributed by atoms with Crippen LogP contribution in [-0.2, 0) is 4.79 Å². The van der Waals surface area contributed by atoms with Crippen LogP contribution in [0.4, 0.5) is 4.79 Å². The van der Waals surface area contributed by atoms with E-state index in [9.17, 15) is 9.59 Å². The Morgan fingerprint density at radius 3 is 2.53 bits per heavy atom. The smallest absolute Gasteiger partial charge is 0.310 e. The molecule has 1 saturated heterocycles. The van der Waals surface area contributed by atoms with E-state index in [4.69, 9.17) is 0 Å². The number of rotatable bonds is 4. The Bertz CT molecular complexity index is 309. The first kappa shape index (κ1) is 12.4. The number of hydrogen-bond acceptors (Lipinski definition) is 2. The van der Waals surface area contributed by atoms with E-state index in [0.717, 1.165) is 51.5 Å². The Balaban J connectivity index is 2.08. The van der Waals surface area contributed by atoms with Gasteiger partial charge >= 0.3 is 6.03 Å².